The van der Waals surface area contributed by atoms with E-state index < -0.39 is 0 Å². The molecule has 3 nitrogen and oxygen atoms in total. The molecule has 0 heterocycles. The summed E-state index contributed by atoms with van der Waals surface area (Å²) in [4.78, 5) is 0. The Morgan fingerprint density at radius 1 is 1.45 bits per heavy atom. The third kappa shape index (κ3) is 9.18. The van der Waals surface area contributed by atoms with E-state index >= 15 is 0 Å². The molecule has 0 saturated heterocycles. The Labute approximate surface area is 107 Å². The first-order chi connectivity index (χ1) is 4.54. The smallest absolute Gasteiger partial charge is 0.0551 e. The van der Waals surface area contributed by atoms with E-state index in [2.05, 4.69) is 33.9 Å². The molecule has 0 fully saturated rings. The number of rotatable bonds is 3. The van der Waals surface area contributed by atoms with Crippen LogP contribution in [0.2, 0.25) is 0 Å². The number of nitrogens with two attached hydrogens (primary N) is 1. The summed E-state index contributed by atoms with van der Waals surface area (Å²) in [6.45, 7) is 5.95. The molecule has 0 aromatic heterocycles. The predicted molar refractivity (Wildman–Crippen MR) is 52.1 cm³/mol. The molecule has 63 valence electrons. The normalized spacial score (nSPS) is 13.3. The summed E-state index contributed by atoms with van der Waals surface area (Å²) in [6.07, 6.45) is 2.84. The molecule has 1 unspecified atom stereocenters. The first-order valence-corrected chi connectivity index (χ1v) is 4.42. The minimum absolute atomic E-state index is 0. The van der Waals surface area contributed by atoms with E-state index in [1.54, 1.807) is 0 Å². The van der Waals surface area contributed by atoms with Gasteiger partial charge in [0.05, 0.1) is 6.04 Å². The number of alkyl halides is 1. The van der Waals surface area contributed by atoms with Gasteiger partial charge in [-0.1, -0.05) is 6.92 Å². The molecule has 11 heavy (non-hydrogen) atoms. The van der Waals surface area contributed by atoms with Crippen LogP contribution < -0.4 is 5.84 Å². The van der Waals surface area contributed by atoms with Crippen molar-refractivity contribution in [2.24, 2.45) is 10.9 Å². The fourth-order valence-electron chi connectivity index (χ4n) is 0.262. The molecule has 0 amide bonds. The van der Waals surface area contributed by atoms with Gasteiger partial charge in [0.1, 0.15) is 0 Å². The molecule has 2 N–H and O–H groups in total. The first-order valence-electron chi connectivity index (χ1n) is 3.18. The van der Waals surface area contributed by atoms with Gasteiger partial charge in [0.25, 0.3) is 0 Å². The van der Waals surface area contributed by atoms with Crippen LogP contribution in [0.4, 0.5) is 0 Å². The van der Waals surface area contributed by atoms with Crippen LogP contribution in [-0.2, 0) is 32.7 Å². The number of hydrogen-bond acceptors (Lipinski definition) is 3. The number of hydrogen-bond donors (Lipinski definition) is 1. The average molecular weight is 343 g/mol. The molecule has 0 spiro atoms. The van der Waals surface area contributed by atoms with Crippen LogP contribution in [0.5, 0.6) is 0 Å². The number of hydrazine groups is 1. The molecule has 0 aromatic rings. The van der Waals surface area contributed by atoms with E-state index in [9.17, 15) is 0 Å². The van der Waals surface area contributed by atoms with Gasteiger partial charge in [-0.15, -0.1) is 26.5 Å². The maximum atomic E-state index is 5.47. The number of hydrazone groups is 1. The molecule has 0 aliphatic heterocycles. The Bertz CT molecular complexity index is 116. The summed E-state index contributed by atoms with van der Waals surface area (Å²) in [5.41, 5.74) is 0. The second kappa shape index (κ2) is 7.89. The SMILES string of the molecule is CC(I)[C-]=NN(N)C(C)C.[Y]. The molecule has 5 heteroatoms. The van der Waals surface area contributed by atoms with Crippen molar-refractivity contribution in [3.63, 3.8) is 0 Å². The van der Waals surface area contributed by atoms with Gasteiger partial charge in [0.2, 0.25) is 0 Å². The van der Waals surface area contributed by atoms with Gasteiger partial charge in [0, 0.05) is 32.7 Å². The summed E-state index contributed by atoms with van der Waals surface area (Å²) in [6, 6.07) is 0.239. The largest absolute Gasteiger partial charge is 0.385 e. The molecule has 1 atom stereocenters. The van der Waals surface area contributed by atoms with Crippen molar-refractivity contribution in [3.05, 3.63) is 0 Å². The van der Waals surface area contributed by atoms with Crippen molar-refractivity contribution in [2.75, 3.05) is 0 Å². The Morgan fingerprint density at radius 3 is 2.18 bits per heavy atom. The number of halogens is 1. The minimum atomic E-state index is 0. The van der Waals surface area contributed by atoms with Crippen LogP contribution >= 0.6 is 22.6 Å². The standard InChI is InChI=1S/C6H13IN3.Y/c1-5(2)10(8)9-4-6(3)7;/h5-6H,8H2,1-3H3;/q-1;. The van der Waals surface area contributed by atoms with Crippen molar-refractivity contribution < 1.29 is 32.7 Å². The maximum absolute atomic E-state index is 5.47. The van der Waals surface area contributed by atoms with Crippen LogP contribution in [0.3, 0.4) is 0 Å². The summed E-state index contributed by atoms with van der Waals surface area (Å²) in [5.74, 6) is 5.47. The van der Waals surface area contributed by atoms with Gasteiger partial charge >= 0.3 is 0 Å². The molecule has 0 bridgehead atoms. The van der Waals surface area contributed by atoms with Gasteiger partial charge in [-0.25, -0.2) is 5.84 Å². The molecule has 1 radical (unpaired) electrons. The Morgan fingerprint density at radius 2 is 1.91 bits per heavy atom. The fraction of sp³-hybridized carbons (Fsp3) is 0.833. The van der Waals surface area contributed by atoms with Crippen LogP contribution in [-0.4, -0.2) is 21.3 Å². The first kappa shape index (κ1) is 14.8. The Balaban J connectivity index is 0. The molecule has 0 aromatic carbocycles. The van der Waals surface area contributed by atoms with Crippen molar-refractivity contribution in [1.82, 2.24) is 5.12 Å². The van der Waals surface area contributed by atoms with E-state index in [0.717, 1.165) is 0 Å². The maximum Gasteiger partial charge on any atom is 0.0551 e. The van der Waals surface area contributed by atoms with E-state index in [0.29, 0.717) is 3.92 Å². The second-order valence-electron chi connectivity index (χ2n) is 2.32. The van der Waals surface area contributed by atoms with Crippen LogP contribution in [0, 0.1) is 0 Å². The molecular weight excluding hydrogens is 330 g/mol. The quantitative estimate of drug-likeness (QED) is 0.209. The molecule has 0 saturated carbocycles. The van der Waals surface area contributed by atoms with Gasteiger partial charge in [0.15, 0.2) is 0 Å². The van der Waals surface area contributed by atoms with Crippen LogP contribution in [0.1, 0.15) is 20.8 Å². The average Bonchev–Trinajstić information content (AvgIpc) is 1.82. The van der Waals surface area contributed by atoms with Crippen LogP contribution in [0.25, 0.3) is 0 Å². The Kier molecular flexibility index (Phi) is 10.6. The van der Waals surface area contributed by atoms with E-state index in [-0.39, 0.29) is 38.8 Å². The minimum Gasteiger partial charge on any atom is -0.385 e. The third-order valence-corrected chi connectivity index (χ3v) is 1.16. The third-order valence-electron chi connectivity index (χ3n) is 0.880. The summed E-state index contributed by atoms with van der Waals surface area (Å²) in [5, 5.41) is 5.27. The number of nitrogens with zero attached hydrogens (tertiary/aromatic N) is 2. The molecular formula is C6H13IN3Y-. The van der Waals surface area contributed by atoms with Gasteiger partial charge < -0.3 is 11.3 Å². The summed E-state index contributed by atoms with van der Waals surface area (Å²) in [7, 11) is 0. The second-order valence-corrected chi connectivity index (χ2v) is 4.19. The van der Waals surface area contributed by atoms with Crippen molar-refractivity contribution in [2.45, 2.75) is 30.7 Å². The van der Waals surface area contributed by atoms with Gasteiger partial charge in [-0.2, -0.15) is 0 Å². The molecule has 0 rings (SSSR count). The van der Waals surface area contributed by atoms with E-state index in [1.807, 2.05) is 20.8 Å². The van der Waals surface area contributed by atoms with E-state index in [1.165, 1.54) is 5.12 Å². The molecule has 0 aliphatic carbocycles. The predicted octanol–water partition coefficient (Wildman–Crippen LogP) is 1.25. The molecule has 0 aliphatic rings. The van der Waals surface area contributed by atoms with Gasteiger partial charge in [-0.05, 0) is 13.8 Å². The monoisotopic (exact) mass is 343 g/mol. The Hall–Kier alpha value is 1.26. The summed E-state index contributed by atoms with van der Waals surface area (Å²) < 4.78 is 0.308. The van der Waals surface area contributed by atoms with Crippen LogP contribution in [0.15, 0.2) is 5.10 Å². The van der Waals surface area contributed by atoms with Gasteiger partial charge in [-0.3, -0.25) is 5.12 Å². The zero-order chi connectivity index (χ0) is 8.15. The fourth-order valence-corrected chi connectivity index (χ4v) is 0.386. The van der Waals surface area contributed by atoms with Crippen molar-refractivity contribution in [1.29, 1.82) is 0 Å². The van der Waals surface area contributed by atoms with Crippen molar-refractivity contribution >= 4 is 28.8 Å². The summed E-state index contributed by atoms with van der Waals surface area (Å²) >= 11 is 2.21. The zero-order valence-electron chi connectivity index (χ0n) is 7.08. The van der Waals surface area contributed by atoms with Crippen molar-refractivity contribution in [3.8, 4) is 0 Å². The zero-order valence-corrected chi connectivity index (χ0v) is 12.1. The topological polar surface area (TPSA) is 41.6 Å². The van der Waals surface area contributed by atoms with E-state index in [4.69, 9.17) is 5.84 Å².